The molecule has 0 unspecified atom stereocenters. The van der Waals surface area contributed by atoms with Crippen molar-refractivity contribution in [2.75, 3.05) is 19.6 Å². The summed E-state index contributed by atoms with van der Waals surface area (Å²) in [6.45, 7) is 2.02. The van der Waals surface area contributed by atoms with E-state index in [1.165, 1.54) is 18.2 Å². The van der Waals surface area contributed by atoms with Crippen molar-refractivity contribution in [1.29, 1.82) is 0 Å². The van der Waals surface area contributed by atoms with E-state index in [0.717, 1.165) is 12.8 Å². The number of benzene rings is 1. The van der Waals surface area contributed by atoms with Gasteiger partial charge in [-0.1, -0.05) is 0 Å². The lowest BCUT2D eigenvalue weighted by Crippen LogP contribution is -2.40. The zero-order valence-electron chi connectivity index (χ0n) is 10.2. The van der Waals surface area contributed by atoms with Crippen LogP contribution in [-0.4, -0.2) is 40.7 Å². The van der Waals surface area contributed by atoms with E-state index in [1.54, 1.807) is 4.90 Å². The Balaban J connectivity index is 2.07. The second kappa shape index (κ2) is 5.27. The van der Waals surface area contributed by atoms with Gasteiger partial charge in [-0.25, -0.2) is 0 Å². The topological polar surface area (TPSA) is 86.8 Å². The molecule has 0 bridgehead atoms. The molecule has 1 heterocycles. The highest BCUT2D eigenvalue weighted by Crippen LogP contribution is 2.23. The van der Waals surface area contributed by atoms with Gasteiger partial charge in [0.25, 0.3) is 5.91 Å². The highest BCUT2D eigenvalue weighted by atomic mass is 16.3. The molecule has 0 atom stereocenters. The quantitative estimate of drug-likeness (QED) is 0.728. The standard InChI is InChI=1S/C13H18N2O3/c14-8-9-1-3-15(4-2-9)13(18)10-5-11(16)7-12(17)6-10/h5-7,9,16-17H,1-4,8,14H2. The van der Waals surface area contributed by atoms with Crippen LogP contribution in [0.3, 0.4) is 0 Å². The van der Waals surface area contributed by atoms with E-state index in [0.29, 0.717) is 31.1 Å². The molecular weight excluding hydrogens is 232 g/mol. The minimum absolute atomic E-state index is 0.102. The molecule has 2 rings (SSSR count). The normalized spacial score (nSPS) is 16.8. The van der Waals surface area contributed by atoms with E-state index >= 15 is 0 Å². The van der Waals surface area contributed by atoms with Crippen molar-refractivity contribution in [3.05, 3.63) is 23.8 Å². The van der Waals surface area contributed by atoms with Crippen LogP contribution in [0.15, 0.2) is 18.2 Å². The lowest BCUT2D eigenvalue weighted by atomic mass is 9.96. The Morgan fingerprint density at radius 1 is 1.22 bits per heavy atom. The van der Waals surface area contributed by atoms with Gasteiger partial charge >= 0.3 is 0 Å². The van der Waals surface area contributed by atoms with Gasteiger partial charge in [0.2, 0.25) is 0 Å². The Morgan fingerprint density at radius 3 is 2.28 bits per heavy atom. The van der Waals surface area contributed by atoms with Gasteiger partial charge in [-0.3, -0.25) is 4.79 Å². The predicted octanol–water partition coefficient (Wildman–Crippen LogP) is 0.909. The second-order valence-corrected chi connectivity index (χ2v) is 4.71. The zero-order valence-corrected chi connectivity index (χ0v) is 10.2. The third-order valence-electron chi connectivity index (χ3n) is 3.38. The first-order valence-electron chi connectivity index (χ1n) is 6.12. The maximum Gasteiger partial charge on any atom is 0.254 e. The lowest BCUT2D eigenvalue weighted by molar-refractivity contribution is 0.0692. The fourth-order valence-electron chi connectivity index (χ4n) is 2.27. The number of nitrogens with zero attached hydrogens (tertiary/aromatic N) is 1. The number of hydrogen-bond acceptors (Lipinski definition) is 4. The highest BCUT2D eigenvalue weighted by Gasteiger charge is 2.23. The Hall–Kier alpha value is -1.75. The number of hydrogen-bond donors (Lipinski definition) is 3. The van der Waals surface area contributed by atoms with E-state index in [-0.39, 0.29) is 17.4 Å². The van der Waals surface area contributed by atoms with Gasteiger partial charge < -0.3 is 20.8 Å². The number of carbonyl (C=O) groups is 1. The number of aromatic hydroxyl groups is 2. The summed E-state index contributed by atoms with van der Waals surface area (Å²) in [5, 5.41) is 18.7. The summed E-state index contributed by atoms with van der Waals surface area (Å²) in [4.78, 5) is 13.9. The largest absolute Gasteiger partial charge is 0.508 e. The van der Waals surface area contributed by atoms with Gasteiger partial charge in [-0.15, -0.1) is 0 Å². The van der Waals surface area contributed by atoms with Gasteiger partial charge in [0.1, 0.15) is 11.5 Å². The molecule has 4 N–H and O–H groups in total. The molecule has 0 aliphatic carbocycles. The second-order valence-electron chi connectivity index (χ2n) is 4.71. The average molecular weight is 250 g/mol. The highest BCUT2D eigenvalue weighted by molar-refractivity contribution is 5.95. The van der Waals surface area contributed by atoms with Gasteiger partial charge in [0, 0.05) is 24.7 Å². The van der Waals surface area contributed by atoms with Crippen LogP contribution >= 0.6 is 0 Å². The smallest absolute Gasteiger partial charge is 0.254 e. The van der Waals surface area contributed by atoms with Crippen LogP contribution < -0.4 is 5.73 Å². The maximum atomic E-state index is 12.2. The molecule has 0 aromatic heterocycles. The third kappa shape index (κ3) is 2.73. The average Bonchev–Trinajstić information content (AvgIpc) is 2.37. The summed E-state index contributed by atoms with van der Waals surface area (Å²) >= 11 is 0. The van der Waals surface area contributed by atoms with Crippen molar-refractivity contribution in [3.8, 4) is 11.5 Å². The number of likely N-dealkylation sites (tertiary alicyclic amines) is 1. The number of amides is 1. The molecule has 1 aromatic carbocycles. The Morgan fingerprint density at radius 2 is 1.78 bits per heavy atom. The zero-order chi connectivity index (χ0) is 13.1. The van der Waals surface area contributed by atoms with Crippen molar-refractivity contribution in [2.45, 2.75) is 12.8 Å². The number of rotatable bonds is 2. The van der Waals surface area contributed by atoms with Gasteiger partial charge in [-0.05, 0) is 37.4 Å². The van der Waals surface area contributed by atoms with Crippen LogP contribution in [0.1, 0.15) is 23.2 Å². The SMILES string of the molecule is NCC1CCN(C(=O)c2cc(O)cc(O)c2)CC1. The van der Waals surface area contributed by atoms with Crippen LogP contribution in [0, 0.1) is 5.92 Å². The lowest BCUT2D eigenvalue weighted by Gasteiger charge is -2.31. The van der Waals surface area contributed by atoms with Crippen molar-refractivity contribution in [3.63, 3.8) is 0 Å². The van der Waals surface area contributed by atoms with Gasteiger partial charge in [-0.2, -0.15) is 0 Å². The number of phenolic OH excluding ortho intramolecular Hbond substituents is 2. The summed E-state index contributed by atoms with van der Waals surface area (Å²) in [6.07, 6.45) is 1.82. The summed E-state index contributed by atoms with van der Waals surface area (Å²) in [7, 11) is 0. The molecule has 5 heteroatoms. The van der Waals surface area contributed by atoms with Crippen molar-refractivity contribution >= 4 is 5.91 Å². The van der Waals surface area contributed by atoms with Crippen LogP contribution in [0.5, 0.6) is 11.5 Å². The molecule has 1 amide bonds. The first-order valence-corrected chi connectivity index (χ1v) is 6.12. The molecule has 0 saturated carbocycles. The van der Waals surface area contributed by atoms with Gasteiger partial charge in [0.05, 0.1) is 0 Å². The molecule has 1 aromatic rings. The van der Waals surface area contributed by atoms with Crippen molar-refractivity contribution < 1.29 is 15.0 Å². The Labute approximate surface area is 106 Å². The fourth-order valence-corrected chi connectivity index (χ4v) is 2.27. The monoisotopic (exact) mass is 250 g/mol. The number of phenols is 2. The Bertz CT molecular complexity index is 420. The van der Waals surface area contributed by atoms with Crippen LogP contribution in [0.4, 0.5) is 0 Å². The minimum atomic E-state index is -0.156. The van der Waals surface area contributed by atoms with E-state index in [1.807, 2.05) is 0 Å². The first-order chi connectivity index (χ1) is 8.60. The number of carbonyl (C=O) groups excluding carboxylic acids is 1. The third-order valence-corrected chi connectivity index (χ3v) is 3.38. The minimum Gasteiger partial charge on any atom is -0.508 e. The Kier molecular flexibility index (Phi) is 3.72. The summed E-state index contributed by atoms with van der Waals surface area (Å²) in [5.74, 6) is 0.133. The van der Waals surface area contributed by atoms with Crippen LogP contribution in [-0.2, 0) is 0 Å². The fraction of sp³-hybridized carbons (Fsp3) is 0.462. The van der Waals surface area contributed by atoms with E-state index in [2.05, 4.69) is 0 Å². The van der Waals surface area contributed by atoms with E-state index in [4.69, 9.17) is 5.73 Å². The molecular formula is C13H18N2O3. The molecule has 1 aliphatic rings. The predicted molar refractivity (Wildman–Crippen MR) is 67.5 cm³/mol. The summed E-state index contributed by atoms with van der Waals surface area (Å²) in [6, 6.07) is 3.95. The molecule has 1 saturated heterocycles. The molecule has 0 spiro atoms. The molecule has 18 heavy (non-hydrogen) atoms. The van der Waals surface area contributed by atoms with Crippen molar-refractivity contribution in [1.82, 2.24) is 4.90 Å². The van der Waals surface area contributed by atoms with Gasteiger partial charge in [0.15, 0.2) is 0 Å². The van der Waals surface area contributed by atoms with E-state index < -0.39 is 0 Å². The molecule has 98 valence electrons. The summed E-state index contributed by atoms with van der Waals surface area (Å²) < 4.78 is 0. The molecule has 0 radical (unpaired) electrons. The molecule has 1 fully saturated rings. The number of nitrogens with two attached hydrogens (primary N) is 1. The molecule has 5 nitrogen and oxygen atoms in total. The van der Waals surface area contributed by atoms with Crippen molar-refractivity contribution in [2.24, 2.45) is 11.7 Å². The first kappa shape index (κ1) is 12.7. The van der Waals surface area contributed by atoms with Crippen LogP contribution in [0.25, 0.3) is 0 Å². The maximum absolute atomic E-state index is 12.2. The summed E-state index contributed by atoms with van der Waals surface area (Å²) in [5.41, 5.74) is 5.92. The molecule has 1 aliphatic heterocycles. The van der Waals surface area contributed by atoms with Crippen LogP contribution in [0.2, 0.25) is 0 Å². The van der Waals surface area contributed by atoms with E-state index in [9.17, 15) is 15.0 Å². The number of piperidine rings is 1.